The van der Waals surface area contributed by atoms with E-state index in [9.17, 15) is 9.59 Å². The van der Waals surface area contributed by atoms with Crippen LogP contribution in [0.3, 0.4) is 0 Å². The molecule has 1 saturated heterocycles. The number of carbonyl (C=O) groups excluding carboxylic acids is 2. The van der Waals surface area contributed by atoms with Crippen molar-refractivity contribution < 1.29 is 14.3 Å². The topological polar surface area (TPSA) is 55.4 Å². The van der Waals surface area contributed by atoms with E-state index in [0.29, 0.717) is 0 Å². The average Bonchev–Trinajstić information content (AvgIpc) is 2.53. The number of hydrogen-bond acceptors (Lipinski definition) is 5. The van der Waals surface area contributed by atoms with Gasteiger partial charge < -0.3 is 10.1 Å². The fourth-order valence-electron chi connectivity index (χ4n) is 1.31. The molecule has 1 fully saturated rings. The van der Waals surface area contributed by atoms with Gasteiger partial charge in [0.25, 0.3) is 0 Å². The van der Waals surface area contributed by atoms with E-state index in [1.54, 1.807) is 0 Å². The van der Waals surface area contributed by atoms with Crippen molar-refractivity contribution in [3.05, 3.63) is 0 Å². The second-order valence-electron chi connectivity index (χ2n) is 3.32. The standard InChI is InChI=1S/C9H13NO3S/c1-6(11)5-8(14)13-9(12)7-3-2-4-10-7/h7,10H,2-5H2,1H3/t7-/m0/s1. The van der Waals surface area contributed by atoms with E-state index in [1.807, 2.05) is 0 Å². The highest BCUT2D eigenvalue weighted by Crippen LogP contribution is 2.07. The summed E-state index contributed by atoms with van der Waals surface area (Å²) in [6.07, 6.45) is 1.79. The Bertz CT molecular complexity index is 259. The number of thiocarbonyl (C=S) groups is 1. The monoisotopic (exact) mass is 215 g/mol. The molecule has 0 saturated carbocycles. The van der Waals surface area contributed by atoms with Crippen LogP contribution in [0.4, 0.5) is 0 Å². The maximum absolute atomic E-state index is 11.4. The predicted molar refractivity (Wildman–Crippen MR) is 55.0 cm³/mol. The van der Waals surface area contributed by atoms with Gasteiger partial charge in [-0.25, -0.2) is 4.79 Å². The molecule has 14 heavy (non-hydrogen) atoms. The minimum Gasteiger partial charge on any atom is -0.418 e. The summed E-state index contributed by atoms with van der Waals surface area (Å²) in [5.74, 6) is -0.462. The first-order chi connectivity index (χ1) is 6.59. The van der Waals surface area contributed by atoms with Crippen molar-refractivity contribution in [3.8, 4) is 0 Å². The number of rotatable bonds is 3. The summed E-state index contributed by atoms with van der Waals surface area (Å²) < 4.78 is 4.85. The van der Waals surface area contributed by atoms with Gasteiger partial charge in [-0.3, -0.25) is 4.79 Å². The van der Waals surface area contributed by atoms with E-state index in [2.05, 4.69) is 5.32 Å². The highest BCUT2D eigenvalue weighted by atomic mass is 32.1. The molecule has 1 aliphatic rings. The third-order valence-electron chi connectivity index (χ3n) is 1.95. The SMILES string of the molecule is CC(=O)CC(=S)OC(=O)[C@@H]1CCCN1. The van der Waals surface area contributed by atoms with Gasteiger partial charge >= 0.3 is 5.97 Å². The molecule has 78 valence electrons. The smallest absolute Gasteiger partial charge is 0.329 e. The zero-order valence-electron chi connectivity index (χ0n) is 8.04. The summed E-state index contributed by atoms with van der Waals surface area (Å²) in [6, 6.07) is -0.250. The Hall–Kier alpha value is -0.810. The van der Waals surface area contributed by atoms with Crippen molar-refractivity contribution in [2.75, 3.05) is 6.54 Å². The zero-order valence-corrected chi connectivity index (χ0v) is 8.86. The lowest BCUT2D eigenvalue weighted by Gasteiger charge is -2.09. The highest BCUT2D eigenvalue weighted by Gasteiger charge is 2.24. The molecule has 1 N–H and O–H groups in total. The van der Waals surface area contributed by atoms with Gasteiger partial charge in [0.15, 0.2) is 5.05 Å². The fraction of sp³-hybridized carbons (Fsp3) is 0.667. The van der Waals surface area contributed by atoms with Crippen molar-refractivity contribution >= 4 is 29.0 Å². The molecule has 0 aromatic heterocycles. The normalized spacial score (nSPS) is 20.5. The summed E-state index contributed by atoms with van der Waals surface area (Å²) in [5, 5.41) is 3.06. The van der Waals surface area contributed by atoms with E-state index in [0.717, 1.165) is 19.4 Å². The second-order valence-corrected chi connectivity index (χ2v) is 3.78. The first kappa shape index (κ1) is 11.3. The number of ketones is 1. The molecule has 0 bridgehead atoms. The Morgan fingerprint density at radius 1 is 1.57 bits per heavy atom. The fourth-order valence-corrected chi connectivity index (χ4v) is 1.59. The highest BCUT2D eigenvalue weighted by molar-refractivity contribution is 7.80. The van der Waals surface area contributed by atoms with Crippen molar-refractivity contribution in [2.24, 2.45) is 0 Å². The van der Waals surface area contributed by atoms with Gasteiger partial charge in [0.1, 0.15) is 11.8 Å². The number of ether oxygens (including phenoxy) is 1. The summed E-state index contributed by atoms with van der Waals surface area (Å²) in [6.45, 7) is 2.24. The zero-order chi connectivity index (χ0) is 10.6. The first-order valence-corrected chi connectivity index (χ1v) is 4.98. The number of carbonyl (C=O) groups is 2. The van der Waals surface area contributed by atoms with Crippen molar-refractivity contribution in [1.29, 1.82) is 0 Å². The van der Waals surface area contributed by atoms with Crippen LogP contribution in [0.5, 0.6) is 0 Å². The van der Waals surface area contributed by atoms with Gasteiger partial charge in [-0.2, -0.15) is 0 Å². The number of Topliss-reactive ketones (excluding diaryl/α,β-unsaturated/α-hetero) is 1. The number of nitrogens with one attached hydrogen (secondary N) is 1. The molecule has 0 radical (unpaired) electrons. The van der Waals surface area contributed by atoms with E-state index in [4.69, 9.17) is 17.0 Å². The van der Waals surface area contributed by atoms with Crippen LogP contribution in [0, 0.1) is 0 Å². The molecule has 0 spiro atoms. The third-order valence-corrected chi connectivity index (χ3v) is 2.18. The van der Waals surface area contributed by atoms with Crippen LogP contribution >= 0.6 is 12.2 Å². The summed E-state index contributed by atoms with van der Waals surface area (Å²) in [5.41, 5.74) is 0. The molecule has 1 rings (SSSR count). The van der Waals surface area contributed by atoms with Crippen LogP contribution in [0.15, 0.2) is 0 Å². The van der Waals surface area contributed by atoms with Crippen LogP contribution < -0.4 is 5.32 Å². The molecule has 0 aromatic carbocycles. The van der Waals surface area contributed by atoms with E-state index < -0.39 is 0 Å². The quantitative estimate of drug-likeness (QED) is 0.551. The lowest BCUT2D eigenvalue weighted by Crippen LogP contribution is -2.33. The van der Waals surface area contributed by atoms with E-state index >= 15 is 0 Å². The Balaban J connectivity index is 2.32. The first-order valence-electron chi connectivity index (χ1n) is 4.57. The molecule has 0 amide bonds. The minimum atomic E-state index is -0.367. The number of esters is 1. The summed E-state index contributed by atoms with van der Waals surface area (Å²) in [7, 11) is 0. The van der Waals surface area contributed by atoms with Crippen LogP contribution in [0.1, 0.15) is 26.2 Å². The Morgan fingerprint density at radius 2 is 2.29 bits per heavy atom. The molecule has 5 heteroatoms. The molecule has 1 heterocycles. The van der Waals surface area contributed by atoms with Crippen molar-refractivity contribution in [1.82, 2.24) is 5.32 Å². The molecule has 4 nitrogen and oxygen atoms in total. The van der Waals surface area contributed by atoms with Crippen molar-refractivity contribution in [2.45, 2.75) is 32.2 Å². The molecule has 0 unspecified atom stereocenters. The molecular formula is C9H13NO3S. The van der Waals surface area contributed by atoms with E-state index in [-0.39, 0.29) is 29.3 Å². The van der Waals surface area contributed by atoms with Crippen LogP contribution in [-0.4, -0.2) is 29.4 Å². The molecular weight excluding hydrogens is 202 g/mol. The van der Waals surface area contributed by atoms with Crippen LogP contribution in [-0.2, 0) is 14.3 Å². The lowest BCUT2D eigenvalue weighted by atomic mass is 10.2. The molecule has 1 aliphatic heterocycles. The minimum absolute atomic E-state index is 0.0355. The van der Waals surface area contributed by atoms with Crippen LogP contribution in [0.2, 0.25) is 0 Å². The van der Waals surface area contributed by atoms with Gasteiger partial charge in [0, 0.05) is 0 Å². The van der Waals surface area contributed by atoms with Gasteiger partial charge in [-0.05, 0) is 38.5 Å². The lowest BCUT2D eigenvalue weighted by molar-refractivity contribution is -0.137. The molecule has 0 aliphatic carbocycles. The predicted octanol–water partition coefficient (Wildman–Crippen LogP) is 0.588. The molecule has 0 aromatic rings. The average molecular weight is 215 g/mol. The van der Waals surface area contributed by atoms with E-state index in [1.165, 1.54) is 6.92 Å². The molecule has 1 atom stereocenters. The Labute approximate surface area is 88.0 Å². The maximum Gasteiger partial charge on any atom is 0.329 e. The van der Waals surface area contributed by atoms with Crippen LogP contribution in [0.25, 0.3) is 0 Å². The van der Waals surface area contributed by atoms with Gasteiger partial charge in [-0.1, -0.05) is 0 Å². The Morgan fingerprint density at radius 3 is 2.79 bits per heavy atom. The number of hydrogen-bond donors (Lipinski definition) is 1. The largest absolute Gasteiger partial charge is 0.418 e. The van der Waals surface area contributed by atoms with Gasteiger partial charge in [-0.15, -0.1) is 0 Å². The third kappa shape index (κ3) is 3.51. The summed E-state index contributed by atoms with van der Waals surface area (Å²) >= 11 is 4.75. The second kappa shape index (κ2) is 5.17. The van der Waals surface area contributed by atoms with Crippen molar-refractivity contribution in [3.63, 3.8) is 0 Å². The Kier molecular flexibility index (Phi) is 4.16. The van der Waals surface area contributed by atoms with Gasteiger partial charge in [0.2, 0.25) is 0 Å². The maximum atomic E-state index is 11.4. The summed E-state index contributed by atoms with van der Waals surface area (Å²) in [4.78, 5) is 22.0. The van der Waals surface area contributed by atoms with Gasteiger partial charge in [0.05, 0.1) is 6.42 Å².